The largest absolute Gasteiger partial charge is 0.462 e. The molecule has 0 bridgehead atoms. The molecule has 1 aromatic carbocycles. The summed E-state index contributed by atoms with van der Waals surface area (Å²) in [7, 11) is -4.70. The molecule has 0 heterocycles. The van der Waals surface area contributed by atoms with Gasteiger partial charge in [-0.1, -0.05) is 43.7 Å². The van der Waals surface area contributed by atoms with Gasteiger partial charge in [0.2, 0.25) is 0 Å². The number of halogens is 1. The van der Waals surface area contributed by atoms with Crippen LogP contribution >= 0.6 is 11.6 Å². The summed E-state index contributed by atoms with van der Waals surface area (Å²) in [5.74, 6) is -0.525. The smallest absolute Gasteiger partial charge is 0.346 e. The van der Waals surface area contributed by atoms with Crippen LogP contribution in [-0.2, 0) is 14.9 Å². The molecule has 1 aliphatic rings. The quantitative estimate of drug-likeness (QED) is 0.340. The van der Waals surface area contributed by atoms with Crippen LogP contribution in [0.2, 0.25) is 5.02 Å². The molecule has 1 saturated carbocycles. The highest BCUT2D eigenvalue weighted by molar-refractivity contribution is 7.85. The van der Waals surface area contributed by atoms with Gasteiger partial charge in [0.1, 0.15) is 4.90 Å². The maximum absolute atomic E-state index is 12.2. The Morgan fingerprint density at radius 3 is 2.52 bits per heavy atom. The zero-order valence-electron chi connectivity index (χ0n) is 13.3. The van der Waals surface area contributed by atoms with Crippen molar-refractivity contribution in [3.05, 3.63) is 32.8 Å². The first kappa shape index (κ1) is 19.6. The monoisotopic (exact) mass is 391 g/mol. The van der Waals surface area contributed by atoms with E-state index in [1.165, 1.54) is 6.42 Å². The first-order chi connectivity index (χ1) is 11.7. The third-order valence-corrected chi connectivity index (χ3v) is 5.36. The maximum Gasteiger partial charge on any atom is 0.346 e. The third kappa shape index (κ3) is 5.13. The Hall–Kier alpha value is -1.71. The molecule has 0 radical (unpaired) electrons. The molecule has 0 aromatic heterocycles. The zero-order chi connectivity index (χ0) is 18.6. The zero-order valence-corrected chi connectivity index (χ0v) is 14.9. The SMILES string of the molecule is O=C(OCCC1CCCCC1)c1c(Cl)cc(S(=O)(=O)O)cc1[N+](=O)[O-]. The Morgan fingerprint density at radius 1 is 1.32 bits per heavy atom. The number of nitrogens with zero attached hydrogens (tertiary/aromatic N) is 1. The summed E-state index contributed by atoms with van der Waals surface area (Å²) in [6, 6.07) is 1.36. The number of nitro groups is 1. The first-order valence-electron chi connectivity index (χ1n) is 7.82. The van der Waals surface area contributed by atoms with Crippen molar-refractivity contribution in [1.29, 1.82) is 0 Å². The lowest BCUT2D eigenvalue weighted by Gasteiger charge is -2.21. The van der Waals surface area contributed by atoms with Crippen LogP contribution in [0.25, 0.3) is 0 Å². The van der Waals surface area contributed by atoms with E-state index in [-0.39, 0.29) is 6.61 Å². The molecule has 25 heavy (non-hydrogen) atoms. The topological polar surface area (TPSA) is 124 Å². The van der Waals surface area contributed by atoms with Crippen LogP contribution in [0.1, 0.15) is 48.9 Å². The molecular formula is C15H18ClNO7S. The van der Waals surface area contributed by atoms with Crippen LogP contribution in [0.15, 0.2) is 17.0 Å². The van der Waals surface area contributed by atoms with Crippen LogP contribution in [0.5, 0.6) is 0 Å². The van der Waals surface area contributed by atoms with Crippen molar-refractivity contribution < 1.29 is 27.4 Å². The van der Waals surface area contributed by atoms with E-state index in [0.717, 1.165) is 31.7 Å². The molecule has 10 heteroatoms. The number of rotatable bonds is 6. The second-order valence-electron chi connectivity index (χ2n) is 5.96. The van der Waals surface area contributed by atoms with Gasteiger partial charge in [-0.05, 0) is 18.4 Å². The van der Waals surface area contributed by atoms with Gasteiger partial charge in [0, 0.05) is 6.07 Å². The number of carbonyl (C=O) groups excluding carboxylic acids is 1. The van der Waals surface area contributed by atoms with Crippen molar-refractivity contribution >= 4 is 33.4 Å². The average Bonchev–Trinajstić information content (AvgIpc) is 2.54. The minimum atomic E-state index is -4.70. The van der Waals surface area contributed by atoms with Crippen molar-refractivity contribution in [1.82, 2.24) is 0 Å². The van der Waals surface area contributed by atoms with Crippen molar-refractivity contribution in [2.24, 2.45) is 5.92 Å². The molecule has 8 nitrogen and oxygen atoms in total. The molecule has 0 spiro atoms. The van der Waals surface area contributed by atoms with E-state index < -0.39 is 42.2 Å². The summed E-state index contributed by atoms with van der Waals surface area (Å²) in [6.07, 6.45) is 6.31. The van der Waals surface area contributed by atoms with Gasteiger partial charge < -0.3 is 4.74 Å². The molecule has 0 unspecified atom stereocenters. The van der Waals surface area contributed by atoms with Gasteiger partial charge in [0.15, 0.2) is 5.56 Å². The van der Waals surface area contributed by atoms with Crippen LogP contribution in [0, 0.1) is 16.0 Å². The van der Waals surface area contributed by atoms with Crippen LogP contribution in [-0.4, -0.2) is 30.5 Å². The van der Waals surface area contributed by atoms with Gasteiger partial charge in [-0.2, -0.15) is 8.42 Å². The lowest BCUT2D eigenvalue weighted by Crippen LogP contribution is -2.14. The van der Waals surface area contributed by atoms with Crippen molar-refractivity contribution in [2.75, 3.05) is 6.61 Å². The lowest BCUT2D eigenvalue weighted by atomic mass is 9.87. The van der Waals surface area contributed by atoms with Gasteiger partial charge >= 0.3 is 5.97 Å². The number of esters is 1. The van der Waals surface area contributed by atoms with E-state index in [0.29, 0.717) is 18.4 Å². The summed E-state index contributed by atoms with van der Waals surface area (Å²) in [5, 5.41) is 10.7. The summed E-state index contributed by atoms with van der Waals surface area (Å²) in [5.41, 5.74) is -1.36. The van der Waals surface area contributed by atoms with Gasteiger partial charge in [-0.3, -0.25) is 14.7 Å². The van der Waals surface area contributed by atoms with E-state index in [9.17, 15) is 23.3 Å². The molecule has 1 N–H and O–H groups in total. The number of benzene rings is 1. The number of hydrogen-bond acceptors (Lipinski definition) is 6. The van der Waals surface area contributed by atoms with Crippen LogP contribution in [0.3, 0.4) is 0 Å². The molecule has 0 saturated heterocycles. The fourth-order valence-corrected chi connectivity index (χ4v) is 3.81. The summed E-state index contributed by atoms with van der Waals surface area (Å²) < 4.78 is 36.4. The van der Waals surface area contributed by atoms with E-state index in [1.54, 1.807) is 0 Å². The lowest BCUT2D eigenvalue weighted by molar-refractivity contribution is -0.385. The van der Waals surface area contributed by atoms with E-state index >= 15 is 0 Å². The minimum Gasteiger partial charge on any atom is -0.462 e. The van der Waals surface area contributed by atoms with E-state index in [2.05, 4.69) is 0 Å². The molecule has 2 rings (SSSR count). The van der Waals surface area contributed by atoms with Gasteiger partial charge in [0.05, 0.1) is 16.6 Å². The molecule has 0 aliphatic heterocycles. The average molecular weight is 392 g/mol. The third-order valence-electron chi connectivity index (χ3n) is 4.23. The first-order valence-corrected chi connectivity index (χ1v) is 9.64. The molecule has 1 aromatic rings. The Bertz CT molecular complexity index is 772. The fourth-order valence-electron chi connectivity index (χ4n) is 2.93. The molecule has 138 valence electrons. The van der Waals surface area contributed by atoms with E-state index in [4.69, 9.17) is 20.9 Å². The van der Waals surface area contributed by atoms with Crippen molar-refractivity contribution in [2.45, 2.75) is 43.4 Å². The summed E-state index contributed by atoms with van der Waals surface area (Å²) in [6.45, 7) is 0.108. The number of carbonyl (C=O) groups is 1. The highest BCUT2D eigenvalue weighted by Crippen LogP contribution is 2.31. The summed E-state index contributed by atoms with van der Waals surface area (Å²) in [4.78, 5) is 21.6. The minimum absolute atomic E-state index is 0.108. The van der Waals surface area contributed by atoms with E-state index in [1.807, 2.05) is 0 Å². The van der Waals surface area contributed by atoms with Gasteiger partial charge in [-0.15, -0.1) is 0 Å². The van der Waals surface area contributed by atoms with Crippen LogP contribution < -0.4 is 0 Å². The summed E-state index contributed by atoms with van der Waals surface area (Å²) >= 11 is 5.83. The number of ether oxygens (including phenoxy) is 1. The Labute approximate surface area is 150 Å². The molecular weight excluding hydrogens is 374 g/mol. The highest BCUT2D eigenvalue weighted by Gasteiger charge is 2.29. The Balaban J connectivity index is 2.16. The molecule has 1 aliphatic carbocycles. The second-order valence-corrected chi connectivity index (χ2v) is 7.79. The second kappa shape index (κ2) is 8.11. The predicted molar refractivity (Wildman–Crippen MR) is 89.4 cm³/mol. The Morgan fingerprint density at radius 2 is 1.96 bits per heavy atom. The standard InChI is InChI=1S/C15H18ClNO7S/c16-12-8-11(25(21,22)23)9-13(17(19)20)14(12)15(18)24-7-6-10-4-2-1-3-5-10/h8-10H,1-7H2,(H,21,22,23). The maximum atomic E-state index is 12.2. The molecule has 0 atom stereocenters. The highest BCUT2D eigenvalue weighted by atomic mass is 35.5. The normalized spacial score (nSPS) is 15.8. The van der Waals surface area contributed by atoms with Crippen molar-refractivity contribution in [3.8, 4) is 0 Å². The van der Waals surface area contributed by atoms with Gasteiger partial charge in [0.25, 0.3) is 15.8 Å². The number of nitro benzene ring substituents is 1. The molecule has 1 fully saturated rings. The fraction of sp³-hybridized carbons (Fsp3) is 0.533. The number of hydrogen-bond donors (Lipinski definition) is 1. The Kier molecular flexibility index (Phi) is 6.36. The molecule has 0 amide bonds. The van der Waals surface area contributed by atoms with Crippen molar-refractivity contribution in [3.63, 3.8) is 0 Å². The van der Waals surface area contributed by atoms with Crippen LogP contribution in [0.4, 0.5) is 5.69 Å². The van der Waals surface area contributed by atoms with Gasteiger partial charge in [-0.25, -0.2) is 4.79 Å². The predicted octanol–water partition coefficient (Wildman–Crippen LogP) is 3.62.